The maximum atomic E-state index is 6.07. The summed E-state index contributed by atoms with van der Waals surface area (Å²) in [5.41, 5.74) is 9.54. The quantitative estimate of drug-likeness (QED) is 0.879. The van der Waals surface area contributed by atoms with Crippen LogP contribution in [0, 0.1) is 18.8 Å². The largest absolute Gasteiger partial charge is 0.369 e. The van der Waals surface area contributed by atoms with Crippen molar-refractivity contribution in [2.75, 3.05) is 5.73 Å². The molecular weight excluding hydrogens is 222 g/mol. The fraction of sp³-hybridized carbons (Fsp3) is 0.533. The molecule has 2 aromatic rings. The van der Waals surface area contributed by atoms with Gasteiger partial charge < -0.3 is 10.3 Å². The van der Waals surface area contributed by atoms with Crippen LogP contribution >= 0.6 is 0 Å². The van der Waals surface area contributed by atoms with Gasteiger partial charge in [-0.2, -0.15) is 0 Å². The normalized spacial score (nSPS) is 23.9. The first-order valence-electron chi connectivity index (χ1n) is 6.86. The lowest BCUT2D eigenvalue weighted by Crippen LogP contribution is -2.10. The van der Waals surface area contributed by atoms with E-state index in [2.05, 4.69) is 41.6 Å². The Bertz CT molecular complexity index is 570. The minimum Gasteiger partial charge on any atom is -0.369 e. The van der Waals surface area contributed by atoms with E-state index in [0.29, 0.717) is 5.95 Å². The molecule has 1 aliphatic carbocycles. The number of nitrogen functional groups attached to an aromatic ring is 1. The van der Waals surface area contributed by atoms with Crippen molar-refractivity contribution in [1.82, 2.24) is 9.55 Å². The Morgan fingerprint density at radius 2 is 2.22 bits per heavy atom. The molecule has 0 bridgehead atoms. The molecule has 1 aromatic carbocycles. The molecular formula is C15H21N3. The molecule has 1 saturated carbocycles. The predicted molar refractivity (Wildman–Crippen MR) is 75.4 cm³/mol. The van der Waals surface area contributed by atoms with E-state index in [1.807, 2.05) is 0 Å². The highest BCUT2D eigenvalue weighted by atomic mass is 15.2. The van der Waals surface area contributed by atoms with Crippen LogP contribution in [0.2, 0.25) is 0 Å². The molecule has 1 aliphatic rings. The van der Waals surface area contributed by atoms with Crippen molar-refractivity contribution >= 4 is 17.0 Å². The monoisotopic (exact) mass is 243 g/mol. The van der Waals surface area contributed by atoms with Crippen molar-refractivity contribution in [2.45, 2.75) is 39.7 Å². The number of hydrogen-bond donors (Lipinski definition) is 1. The smallest absolute Gasteiger partial charge is 0.201 e. The van der Waals surface area contributed by atoms with Crippen LogP contribution in [-0.2, 0) is 6.54 Å². The molecule has 0 amide bonds. The third-order valence-corrected chi connectivity index (χ3v) is 4.18. The number of hydrogen-bond acceptors (Lipinski definition) is 2. The molecule has 1 fully saturated rings. The molecule has 3 heteroatoms. The summed E-state index contributed by atoms with van der Waals surface area (Å²) in [7, 11) is 0. The maximum Gasteiger partial charge on any atom is 0.201 e. The minimum absolute atomic E-state index is 0.662. The van der Waals surface area contributed by atoms with Gasteiger partial charge in [-0.25, -0.2) is 4.98 Å². The fourth-order valence-electron chi connectivity index (χ4n) is 3.19. The van der Waals surface area contributed by atoms with Crippen LogP contribution in [0.25, 0.3) is 11.0 Å². The first-order valence-corrected chi connectivity index (χ1v) is 6.86. The van der Waals surface area contributed by atoms with Crippen LogP contribution in [0.15, 0.2) is 18.2 Å². The second kappa shape index (κ2) is 4.30. The van der Waals surface area contributed by atoms with E-state index in [0.717, 1.165) is 23.9 Å². The summed E-state index contributed by atoms with van der Waals surface area (Å²) in [6, 6.07) is 6.35. The highest BCUT2D eigenvalue weighted by Crippen LogP contribution is 2.33. The van der Waals surface area contributed by atoms with E-state index < -0.39 is 0 Å². The Hall–Kier alpha value is -1.51. The van der Waals surface area contributed by atoms with Gasteiger partial charge in [0.2, 0.25) is 5.95 Å². The van der Waals surface area contributed by atoms with E-state index in [1.165, 1.54) is 30.3 Å². The van der Waals surface area contributed by atoms with Crippen molar-refractivity contribution in [1.29, 1.82) is 0 Å². The van der Waals surface area contributed by atoms with Gasteiger partial charge in [0.25, 0.3) is 0 Å². The van der Waals surface area contributed by atoms with E-state index in [4.69, 9.17) is 5.73 Å². The lowest BCUT2D eigenvalue weighted by Gasteiger charge is -2.13. The molecule has 2 N–H and O–H groups in total. The van der Waals surface area contributed by atoms with Crippen molar-refractivity contribution in [2.24, 2.45) is 11.8 Å². The van der Waals surface area contributed by atoms with E-state index in [9.17, 15) is 0 Å². The number of nitrogens with two attached hydrogens (primary N) is 1. The molecule has 0 radical (unpaired) electrons. The van der Waals surface area contributed by atoms with Gasteiger partial charge in [-0.1, -0.05) is 19.4 Å². The van der Waals surface area contributed by atoms with Gasteiger partial charge in [0, 0.05) is 6.54 Å². The molecule has 2 unspecified atom stereocenters. The SMILES string of the molecule is Cc1ccc2nc(N)n(CC3CCC(C)C3)c2c1. The predicted octanol–water partition coefficient (Wildman–Crippen LogP) is 3.36. The number of anilines is 1. The molecule has 3 nitrogen and oxygen atoms in total. The lowest BCUT2D eigenvalue weighted by molar-refractivity contribution is 0.450. The molecule has 0 saturated heterocycles. The van der Waals surface area contributed by atoms with Crippen molar-refractivity contribution in [3.63, 3.8) is 0 Å². The fourth-order valence-corrected chi connectivity index (χ4v) is 3.19. The van der Waals surface area contributed by atoms with Crippen LogP contribution in [0.1, 0.15) is 31.7 Å². The Morgan fingerprint density at radius 1 is 1.39 bits per heavy atom. The van der Waals surface area contributed by atoms with E-state index in [-0.39, 0.29) is 0 Å². The maximum absolute atomic E-state index is 6.07. The van der Waals surface area contributed by atoms with Gasteiger partial charge in [-0.15, -0.1) is 0 Å². The lowest BCUT2D eigenvalue weighted by atomic mass is 10.1. The topological polar surface area (TPSA) is 43.8 Å². The average Bonchev–Trinajstić information content (AvgIpc) is 2.86. The average molecular weight is 243 g/mol. The number of imidazole rings is 1. The first kappa shape index (κ1) is 11.6. The molecule has 2 atom stereocenters. The van der Waals surface area contributed by atoms with E-state index >= 15 is 0 Å². The van der Waals surface area contributed by atoms with Crippen LogP contribution in [0.3, 0.4) is 0 Å². The van der Waals surface area contributed by atoms with Crippen molar-refractivity contribution in [3.8, 4) is 0 Å². The highest BCUT2D eigenvalue weighted by Gasteiger charge is 2.23. The third-order valence-electron chi connectivity index (χ3n) is 4.18. The van der Waals surface area contributed by atoms with Crippen LogP contribution in [0.4, 0.5) is 5.95 Å². The Kier molecular flexibility index (Phi) is 2.77. The van der Waals surface area contributed by atoms with Crippen molar-refractivity contribution in [3.05, 3.63) is 23.8 Å². The summed E-state index contributed by atoms with van der Waals surface area (Å²) < 4.78 is 2.20. The van der Waals surface area contributed by atoms with Gasteiger partial charge in [0.05, 0.1) is 11.0 Å². The second-order valence-corrected chi connectivity index (χ2v) is 5.86. The number of aryl methyl sites for hydroxylation is 1. The zero-order valence-electron chi connectivity index (χ0n) is 11.2. The second-order valence-electron chi connectivity index (χ2n) is 5.86. The summed E-state index contributed by atoms with van der Waals surface area (Å²) in [6.45, 7) is 5.49. The zero-order chi connectivity index (χ0) is 12.7. The Balaban J connectivity index is 1.95. The molecule has 1 aromatic heterocycles. The molecule has 3 rings (SSSR count). The number of benzene rings is 1. The molecule has 96 valence electrons. The Morgan fingerprint density at radius 3 is 2.94 bits per heavy atom. The van der Waals surface area contributed by atoms with Gasteiger partial charge >= 0.3 is 0 Å². The number of aromatic nitrogens is 2. The zero-order valence-corrected chi connectivity index (χ0v) is 11.2. The summed E-state index contributed by atoms with van der Waals surface area (Å²) in [6.07, 6.45) is 4.01. The number of fused-ring (bicyclic) bond motifs is 1. The van der Waals surface area contributed by atoms with Crippen LogP contribution in [0.5, 0.6) is 0 Å². The highest BCUT2D eigenvalue weighted by molar-refractivity contribution is 5.79. The van der Waals surface area contributed by atoms with Crippen LogP contribution < -0.4 is 5.73 Å². The minimum atomic E-state index is 0.662. The van der Waals surface area contributed by atoms with Gasteiger partial charge in [0.15, 0.2) is 0 Å². The number of nitrogens with zero attached hydrogens (tertiary/aromatic N) is 2. The molecule has 1 heterocycles. The third kappa shape index (κ3) is 1.98. The Labute approximate surface area is 108 Å². The molecule has 0 aliphatic heterocycles. The van der Waals surface area contributed by atoms with Gasteiger partial charge in [-0.05, 0) is 49.3 Å². The molecule has 18 heavy (non-hydrogen) atoms. The van der Waals surface area contributed by atoms with Gasteiger partial charge in [-0.3, -0.25) is 0 Å². The number of rotatable bonds is 2. The van der Waals surface area contributed by atoms with Crippen molar-refractivity contribution < 1.29 is 0 Å². The standard InChI is InChI=1S/C15H21N3/c1-10-3-5-12(7-10)9-18-14-8-11(2)4-6-13(14)17-15(18)16/h4,6,8,10,12H,3,5,7,9H2,1-2H3,(H2,16,17). The summed E-state index contributed by atoms with van der Waals surface area (Å²) in [4.78, 5) is 4.46. The first-order chi connectivity index (χ1) is 8.63. The summed E-state index contributed by atoms with van der Waals surface area (Å²) in [5, 5.41) is 0. The van der Waals surface area contributed by atoms with E-state index in [1.54, 1.807) is 0 Å². The summed E-state index contributed by atoms with van der Waals surface area (Å²) in [5.74, 6) is 2.29. The van der Waals surface area contributed by atoms with Gasteiger partial charge in [0.1, 0.15) is 0 Å². The van der Waals surface area contributed by atoms with Crippen LogP contribution in [-0.4, -0.2) is 9.55 Å². The molecule has 0 spiro atoms. The summed E-state index contributed by atoms with van der Waals surface area (Å²) >= 11 is 0.